The van der Waals surface area contributed by atoms with Gasteiger partial charge in [0, 0.05) is 5.56 Å². The first-order chi connectivity index (χ1) is 14.6. The molecule has 0 unspecified atom stereocenters. The highest BCUT2D eigenvalue weighted by Gasteiger charge is 2.32. The predicted octanol–water partition coefficient (Wildman–Crippen LogP) is 4.47. The first kappa shape index (κ1) is 23.9. The summed E-state index contributed by atoms with van der Waals surface area (Å²) >= 11 is 0.245. The smallest absolute Gasteiger partial charge is 0.351 e. The Hall–Kier alpha value is -3.42. The van der Waals surface area contributed by atoms with Crippen molar-refractivity contribution in [1.82, 2.24) is 5.32 Å². The van der Waals surface area contributed by atoms with Gasteiger partial charge in [0.25, 0.3) is 5.91 Å². The fourth-order valence-corrected chi connectivity index (χ4v) is 3.01. The lowest BCUT2D eigenvalue weighted by Gasteiger charge is -2.25. The number of carbonyl (C=O) groups excluding carboxylic acids is 3. The zero-order valence-corrected chi connectivity index (χ0v) is 17.9. The van der Waals surface area contributed by atoms with Gasteiger partial charge in [-0.3, -0.25) is 9.59 Å². The Bertz CT molecular complexity index is 1070. The zero-order chi connectivity index (χ0) is 23.2. The number of esters is 1. The molecule has 0 saturated heterocycles. The Morgan fingerprint density at radius 2 is 1.68 bits per heavy atom. The van der Waals surface area contributed by atoms with Gasteiger partial charge in [-0.15, -0.1) is 0 Å². The van der Waals surface area contributed by atoms with Crippen LogP contribution < -0.4 is 5.32 Å². The van der Waals surface area contributed by atoms with Crippen molar-refractivity contribution in [3.63, 3.8) is 0 Å². The second-order valence-electron chi connectivity index (χ2n) is 6.95. The number of nitrogens with one attached hydrogen (secondary N) is 1. The first-order valence-electron chi connectivity index (χ1n) is 9.22. The molecular formula is C22H20F2N2O4S. The Kier molecular flexibility index (Phi) is 7.74. The quantitative estimate of drug-likeness (QED) is 0.385. The minimum Gasteiger partial charge on any atom is -0.462 e. The van der Waals surface area contributed by atoms with E-state index < -0.39 is 40.4 Å². The van der Waals surface area contributed by atoms with E-state index in [0.29, 0.717) is 5.56 Å². The van der Waals surface area contributed by atoms with E-state index in [9.17, 15) is 27.8 Å². The number of amides is 1. The van der Waals surface area contributed by atoms with Crippen LogP contribution in [0.2, 0.25) is 0 Å². The van der Waals surface area contributed by atoms with E-state index in [1.807, 2.05) is 0 Å². The Morgan fingerprint density at radius 3 is 2.19 bits per heavy atom. The number of hydrogen-bond acceptors (Lipinski definition) is 5. The number of halogens is 2. The zero-order valence-electron chi connectivity index (χ0n) is 17.1. The minimum absolute atomic E-state index is 0.0274. The maximum atomic E-state index is 13.8. The Labute approximate surface area is 181 Å². The average molecular weight is 446 g/mol. The van der Waals surface area contributed by atoms with Crippen LogP contribution in [0.3, 0.4) is 0 Å². The molecule has 31 heavy (non-hydrogen) atoms. The van der Waals surface area contributed by atoms with E-state index in [-0.39, 0.29) is 28.5 Å². The molecule has 0 saturated carbocycles. The van der Waals surface area contributed by atoms with Gasteiger partial charge in [0.1, 0.15) is 22.1 Å². The number of ether oxygens (including phenoxy) is 1. The number of carbonyl (C=O) groups is 3. The van der Waals surface area contributed by atoms with Crippen LogP contribution in [-0.4, -0.2) is 29.8 Å². The molecule has 1 amide bonds. The van der Waals surface area contributed by atoms with Gasteiger partial charge in [-0.25, -0.2) is 13.6 Å². The standard InChI is InChI=1S/C22H20F2N2O4S/c1-4-30-21(29)17(31-25)12-13-8-10-14(11-9-13)19(27)22(2,3)26-20(28)18-15(23)6-5-7-16(18)24/h5-12H,4H2,1-3H3,(H,26,28)/b17-12-. The lowest BCUT2D eigenvalue weighted by Crippen LogP contribution is -2.50. The molecule has 2 aromatic carbocycles. The van der Waals surface area contributed by atoms with Gasteiger partial charge in [-0.1, -0.05) is 30.3 Å². The second-order valence-corrected chi connectivity index (χ2v) is 7.57. The molecule has 0 heterocycles. The molecule has 9 heteroatoms. The van der Waals surface area contributed by atoms with Crippen LogP contribution in [0.4, 0.5) is 8.78 Å². The van der Waals surface area contributed by atoms with Crippen LogP contribution >= 0.6 is 11.4 Å². The third-order valence-corrected chi connectivity index (χ3v) is 4.71. The van der Waals surface area contributed by atoms with Crippen molar-refractivity contribution in [2.75, 3.05) is 6.61 Å². The molecule has 0 spiro atoms. The molecule has 0 radical (unpaired) electrons. The highest BCUT2D eigenvalue weighted by atomic mass is 32.1. The molecule has 0 aromatic heterocycles. The molecule has 0 aliphatic heterocycles. The van der Waals surface area contributed by atoms with Crippen LogP contribution in [0.15, 0.2) is 47.4 Å². The van der Waals surface area contributed by atoms with Gasteiger partial charge < -0.3 is 10.1 Å². The second kappa shape index (κ2) is 10.1. The van der Waals surface area contributed by atoms with E-state index in [1.54, 1.807) is 6.92 Å². The van der Waals surface area contributed by atoms with E-state index in [1.165, 1.54) is 44.2 Å². The summed E-state index contributed by atoms with van der Waals surface area (Å²) in [5, 5.41) is 2.36. The van der Waals surface area contributed by atoms with Crippen molar-refractivity contribution in [2.45, 2.75) is 26.3 Å². The summed E-state index contributed by atoms with van der Waals surface area (Å²) in [6, 6.07) is 9.06. The van der Waals surface area contributed by atoms with Crippen molar-refractivity contribution >= 4 is 35.1 Å². The Morgan fingerprint density at radius 1 is 1.10 bits per heavy atom. The van der Waals surface area contributed by atoms with Crippen molar-refractivity contribution in [3.05, 3.63) is 75.7 Å². The summed E-state index contributed by atoms with van der Waals surface area (Å²) in [7, 11) is 0. The number of ketones is 1. The third kappa shape index (κ3) is 5.81. The van der Waals surface area contributed by atoms with Gasteiger partial charge in [0.05, 0.1) is 23.5 Å². The van der Waals surface area contributed by atoms with E-state index in [0.717, 1.165) is 18.2 Å². The molecule has 6 nitrogen and oxygen atoms in total. The summed E-state index contributed by atoms with van der Waals surface area (Å²) < 4.78 is 41.8. The minimum atomic E-state index is -1.46. The van der Waals surface area contributed by atoms with E-state index in [4.69, 9.17) is 4.74 Å². The molecule has 0 aliphatic carbocycles. The van der Waals surface area contributed by atoms with Crippen LogP contribution in [0.1, 0.15) is 47.1 Å². The molecule has 2 rings (SSSR count). The Balaban J connectivity index is 2.21. The highest BCUT2D eigenvalue weighted by molar-refractivity contribution is 7.90. The molecule has 162 valence electrons. The van der Waals surface area contributed by atoms with E-state index >= 15 is 0 Å². The lowest BCUT2D eigenvalue weighted by molar-refractivity contribution is -0.137. The first-order valence-corrected chi connectivity index (χ1v) is 9.99. The number of nitrogens with zero attached hydrogens (tertiary/aromatic N) is 1. The van der Waals surface area contributed by atoms with Gasteiger partial charge in [0.2, 0.25) is 0 Å². The summed E-state index contributed by atoms with van der Waals surface area (Å²) in [6.45, 7) is 4.63. The molecular weight excluding hydrogens is 426 g/mol. The molecule has 0 bridgehead atoms. The fraction of sp³-hybridized carbons (Fsp3) is 0.227. The summed E-state index contributed by atoms with van der Waals surface area (Å²) in [6.07, 6.45) is 1.39. The highest BCUT2D eigenvalue weighted by Crippen LogP contribution is 2.19. The molecule has 0 fully saturated rings. The van der Waals surface area contributed by atoms with Gasteiger partial charge >= 0.3 is 5.97 Å². The van der Waals surface area contributed by atoms with Crippen molar-refractivity contribution in [1.29, 1.82) is 4.61 Å². The molecule has 0 atom stereocenters. The average Bonchev–Trinajstić information content (AvgIpc) is 2.71. The van der Waals surface area contributed by atoms with Crippen LogP contribution in [0.5, 0.6) is 0 Å². The van der Waals surface area contributed by atoms with Crippen LogP contribution in [-0.2, 0) is 9.53 Å². The van der Waals surface area contributed by atoms with Crippen molar-refractivity contribution < 1.29 is 27.9 Å². The lowest BCUT2D eigenvalue weighted by atomic mass is 9.92. The largest absolute Gasteiger partial charge is 0.462 e. The molecule has 1 N–H and O–H groups in total. The SMILES string of the molecule is CCOC(=O)/C(=C/c1ccc(C(=O)C(C)(C)NC(=O)c2c(F)cccc2F)cc1)S#N. The summed E-state index contributed by atoms with van der Waals surface area (Å²) in [5.74, 6) is -4.28. The van der Waals surface area contributed by atoms with Crippen LogP contribution in [0.25, 0.3) is 6.08 Å². The van der Waals surface area contributed by atoms with Gasteiger partial charge in [0.15, 0.2) is 5.78 Å². The van der Waals surface area contributed by atoms with Crippen molar-refractivity contribution in [3.8, 4) is 0 Å². The predicted molar refractivity (Wildman–Crippen MR) is 113 cm³/mol. The summed E-state index contributed by atoms with van der Waals surface area (Å²) in [4.78, 5) is 36.9. The molecule has 0 aliphatic rings. The van der Waals surface area contributed by atoms with Crippen molar-refractivity contribution in [2.24, 2.45) is 0 Å². The topological polar surface area (TPSA) is 96.3 Å². The maximum absolute atomic E-state index is 13.8. The van der Waals surface area contributed by atoms with Crippen LogP contribution in [0, 0.1) is 16.2 Å². The van der Waals surface area contributed by atoms with E-state index in [2.05, 4.69) is 5.32 Å². The van der Waals surface area contributed by atoms with Gasteiger partial charge in [-0.2, -0.15) is 4.61 Å². The molecule has 2 aromatic rings. The maximum Gasteiger partial charge on any atom is 0.351 e. The number of benzene rings is 2. The normalized spacial score (nSPS) is 11.5. The summed E-state index contributed by atoms with van der Waals surface area (Å²) in [5.41, 5.74) is -1.47. The van der Waals surface area contributed by atoms with Gasteiger partial charge in [-0.05, 0) is 44.5 Å². The number of hydrogen-bond donors (Lipinski definition) is 1. The fourth-order valence-electron chi connectivity index (χ4n) is 2.69. The monoisotopic (exact) mass is 446 g/mol. The third-order valence-electron chi connectivity index (χ3n) is 4.23. The number of rotatable bonds is 7. The number of Topliss-reactive ketones (excluding diaryl/α,β-unsaturated/α-hetero) is 1.